The maximum absolute atomic E-state index is 5.60. The van der Waals surface area contributed by atoms with E-state index < -0.39 is 0 Å². The number of nitrogens with zero attached hydrogens (tertiary/aromatic N) is 1. The van der Waals surface area contributed by atoms with E-state index in [4.69, 9.17) is 4.74 Å². The lowest BCUT2D eigenvalue weighted by molar-refractivity contribution is -0.0130. The summed E-state index contributed by atoms with van der Waals surface area (Å²) in [6.07, 6.45) is 3.84. The van der Waals surface area contributed by atoms with Gasteiger partial charge in [0.2, 0.25) is 0 Å². The molecule has 0 aromatic rings. The quantitative estimate of drug-likeness (QED) is 0.660. The number of rotatable bonds is 8. The molecular formula is C14H30N2O. The molecule has 0 amide bonds. The maximum atomic E-state index is 5.60. The maximum Gasteiger partial charge on any atom is 0.0634 e. The molecule has 0 aromatic carbocycles. The Kier molecular flexibility index (Phi) is 7.82. The first-order valence-electron chi connectivity index (χ1n) is 7.30. The van der Waals surface area contributed by atoms with Crippen LogP contribution in [0.4, 0.5) is 0 Å². The average Bonchev–Trinajstić information content (AvgIpc) is 2.32. The summed E-state index contributed by atoms with van der Waals surface area (Å²) in [7, 11) is 0. The molecule has 2 atom stereocenters. The van der Waals surface area contributed by atoms with E-state index in [0.717, 1.165) is 38.8 Å². The number of hydrogen-bond acceptors (Lipinski definition) is 3. The second-order valence-corrected chi connectivity index (χ2v) is 5.32. The minimum absolute atomic E-state index is 0.578. The highest BCUT2D eigenvalue weighted by Gasteiger charge is 2.23. The lowest BCUT2D eigenvalue weighted by Gasteiger charge is -2.37. The Morgan fingerprint density at radius 2 is 2.18 bits per heavy atom. The van der Waals surface area contributed by atoms with Gasteiger partial charge in [0, 0.05) is 25.7 Å². The van der Waals surface area contributed by atoms with E-state index in [2.05, 4.69) is 31.0 Å². The van der Waals surface area contributed by atoms with E-state index in [1.54, 1.807) is 0 Å². The summed E-state index contributed by atoms with van der Waals surface area (Å²) in [4.78, 5) is 2.62. The van der Waals surface area contributed by atoms with Crippen LogP contribution in [-0.4, -0.2) is 50.3 Å². The van der Waals surface area contributed by atoms with E-state index in [0.29, 0.717) is 6.04 Å². The van der Waals surface area contributed by atoms with Gasteiger partial charge in [-0.3, -0.25) is 4.90 Å². The summed E-state index contributed by atoms with van der Waals surface area (Å²) in [5.41, 5.74) is 0. The van der Waals surface area contributed by atoms with Crippen molar-refractivity contribution < 1.29 is 4.74 Å². The predicted octanol–water partition coefficient (Wildman–Crippen LogP) is 2.12. The molecule has 102 valence electrons. The van der Waals surface area contributed by atoms with Crippen LogP contribution in [0, 0.1) is 5.92 Å². The Hall–Kier alpha value is -0.120. The first kappa shape index (κ1) is 14.9. The lowest BCUT2D eigenvalue weighted by Crippen LogP contribution is -2.51. The van der Waals surface area contributed by atoms with Crippen LogP contribution in [0.25, 0.3) is 0 Å². The molecule has 1 heterocycles. The zero-order valence-corrected chi connectivity index (χ0v) is 11.9. The smallest absolute Gasteiger partial charge is 0.0634 e. The third kappa shape index (κ3) is 5.84. The predicted molar refractivity (Wildman–Crippen MR) is 73.4 cm³/mol. The lowest BCUT2D eigenvalue weighted by atomic mass is 10.0. The van der Waals surface area contributed by atoms with E-state index in [-0.39, 0.29) is 0 Å². The van der Waals surface area contributed by atoms with E-state index in [1.807, 2.05) is 0 Å². The molecule has 1 N–H and O–H groups in total. The van der Waals surface area contributed by atoms with Crippen molar-refractivity contribution in [3.8, 4) is 0 Å². The van der Waals surface area contributed by atoms with E-state index >= 15 is 0 Å². The van der Waals surface area contributed by atoms with Gasteiger partial charge in [-0.25, -0.2) is 0 Å². The Labute approximate surface area is 107 Å². The first-order valence-corrected chi connectivity index (χ1v) is 7.30. The highest BCUT2D eigenvalue weighted by molar-refractivity contribution is 4.78. The molecule has 3 nitrogen and oxygen atoms in total. The topological polar surface area (TPSA) is 24.5 Å². The number of ether oxygens (including phenoxy) is 1. The van der Waals surface area contributed by atoms with Gasteiger partial charge in [-0.05, 0) is 25.3 Å². The SMILES string of the molecule is CCCNCC1COCCN1CC(C)CCC. The van der Waals surface area contributed by atoms with E-state index in [9.17, 15) is 0 Å². The van der Waals surface area contributed by atoms with Gasteiger partial charge in [-0.2, -0.15) is 0 Å². The summed E-state index contributed by atoms with van der Waals surface area (Å²) in [6, 6.07) is 0.578. The molecule has 1 aliphatic heterocycles. The molecular weight excluding hydrogens is 212 g/mol. The minimum Gasteiger partial charge on any atom is -0.378 e. The zero-order valence-electron chi connectivity index (χ0n) is 11.9. The molecule has 3 heteroatoms. The van der Waals surface area contributed by atoms with Gasteiger partial charge in [0.05, 0.1) is 13.2 Å². The molecule has 0 saturated carbocycles. The van der Waals surface area contributed by atoms with Gasteiger partial charge >= 0.3 is 0 Å². The standard InChI is InChI=1S/C14H30N2O/c1-4-6-13(3)11-16-8-9-17-12-14(16)10-15-7-5-2/h13-15H,4-12H2,1-3H3. The number of morpholine rings is 1. The van der Waals surface area contributed by atoms with Crippen molar-refractivity contribution in [2.24, 2.45) is 5.92 Å². The zero-order chi connectivity index (χ0) is 12.5. The third-order valence-electron chi connectivity index (χ3n) is 3.48. The highest BCUT2D eigenvalue weighted by Crippen LogP contribution is 2.13. The second-order valence-electron chi connectivity index (χ2n) is 5.32. The summed E-state index contributed by atoms with van der Waals surface area (Å²) in [6.45, 7) is 13.2. The Morgan fingerprint density at radius 1 is 1.35 bits per heavy atom. The molecule has 0 aliphatic carbocycles. The largest absolute Gasteiger partial charge is 0.378 e. The minimum atomic E-state index is 0.578. The molecule has 1 rings (SSSR count). The van der Waals surface area contributed by atoms with Crippen molar-refractivity contribution in [3.63, 3.8) is 0 Å². The summed E-state index contributed by atoms with van der Waals surface area (Å²) in [5, 5.41) is 3.52. The fourth-order valence-electron chi connectivity index (χ4n) is 2.55. The van der Waals surface area contributed by atoms with E-state index in [1.165, 1.54) is 25.8 Å². The molecule has 0 aromatic heterocycles. The number of hydrogen-bond donors (Lipinski definition) is 1. The number of nitrogens with one attached hydrogen (secondary N) is 1. The van der Waals surface area contributed by atoms with Gasteiger partial charge in [0.1, 0.15) is 0 Å². The molecule has 1 aliphatic rings. The van der Waals surface area contributed by atoms with Crippen LogP contribution in [0.15, 0.2) is 0 Å². The Balaban J connectivity index is 2.31. The summed E-state index contributed by atoms with van der Waals surface area (Å²) < 4.78 is 5.60. The van der Waals surface area contributed by atoms with Crippen molar-refractivity contribution in [2.75, 3.05) is 39.4 Å². The summed E-state index contributed by atoms with van der Waals surface area (Å²) >= 11 is 0. The second kappa shape index (κ2) is 8.90. The van der Waals surface area contributed by atoms with Crippen LogP contribution < -0.4 is 5.32 Å². The Morgan fingerprint density at radius 3 is 2.88 bits per heavy atom. The average molecular weight is 242 g/mol. The molecule has 2 unspecified atom stereocenters. The molecule has 1 fully saturated rings. The van der Waals surface area contributed by atoms with Gasteiger partial charge in [-0.1, -0.05) is 27.2 Å². The van der Waals surface area contributed by atoms with Crippen LogP contribution in [-0.2, 0) is 4.74 Å². The monoisotopic (exact) mass is 242 g/mol. The van der Waals surface area contributed by atoms with Crippen LogP contribution in [0.3, 0.4) is 0 Å². The van der Waals surface area contributed by atoms with Gasteiger partial charge in [-0.15, -0.1) is 0 Å². The molecule has 0 spiro atoms. The fourth-order valence-corrected chi connectivity index (χ4v) is 2.55. The van der Waals surface area contributed by atoms with Crippen LogP contribution >= 0.6 is 0 Å². The fraction of sp³-hybridized carbons (Fsp3) is 1.00. The van der Waals surface area contributed by atoms with Crippen LogP contribution in [0.5, 0.6) is 0 Å². The normalized spacial score (nSPS) is 23.8. The Bertz CT molecular complexity index is 187. The van der Waals surface area contributed by atoms with Crippen molar-refractivity contribution in [1.82, 2.24) is 10.2 Å². The summed E-state index contributed by atoms with van der Waals surface area (Å²) in [5.74, 6) is 0.812. The van der Waals surface area contributed by atoms with Crippen LogP contribution in [0.1, 0.15) is 40.0 Å². The highest BCUT2D eigenvalue weighted by atomic mass is 16.5. The third-order valence-corrected chi connectivity index (χ3v) is 3.48. The van der Waals surface area contributed by atoms with Crippen molar-refractivity contribution in [1.29, 1.82) is 0 Å². The van der Waals surface area contributed by atoms with Crippen molar-refractivity contribution >= 4 is 0 Å². The van der Waals surface area contributed by atoms with Crippen molar-refractivity contribution in [2.45, 2.75) is 46.1 Å². The van der Waals surface area contributed by atoms with Crippen molar-refractivity contribution in [3.05, 3.63) is 0 Å². The van der Waals surface area contributed by atoms with Gasteiger partial charge < -0.3 is 10.1 Å². The molecule has 1 saturated heterocycles. The molecule has 0 radical (unpaired) electrons. The van der Waals surface area contributed by atoms with Gasteiger partial charge in [0.15, 0.2) is 0 Å². The molecule has 0 bridgehead atoms. The molecule has 17 heavy (non-hydrogen) atoms. The van der Waals surface area contributed by atoms with Crippen LogP contribution in [0.2, 0.25) is 0 Å². The van der Waals surface area contributed by atoms with Gasteiger partial charge in [0.25, 0.3) is 0 Å². The first-order chi connectivity index (χ1) is 8.27.